The summed E-state index contributed by atoms with van der Waals surface area (Å²) in [4.78, 5) is 0. The summed E-state index contributed by atoms with van der Waals surface area (Å²) in [5.74, 6) is -1.39. The minimum atomic E-state index is -0.816. The van der Waals surface area contributed by atoms with Crippen molar-refractivity contribution in [3.63, 3.8) is 0 Å². The van der Waals surface area contributed by atoms with Crippen LogP contribution in [0.3, 0.4) is 0 Å². The second-order valence-corrected chi connectivity index (χ2v) is 5.38. The summed E-state index contributed by atoms with van der Waals surface area (Å²) < 4.78 is 26.8. The fraction of sp³-hybridized carbons (Fsp3) is 0.600. The van der Waals surface area contributed by atoms with Gasteiger partial charge < -0.3 is 10.4 Å². The van der Waals surface area contributed by atoms with Gasteiger partial charge >= 0.3 is 0 Å². The van der Waals surface area contributed by atoms with E-state index in [1.54, 1.807) is 6.07 Å². The van der Waals surface area contributed by atoms with Crippen LogP contribution in [0, 0.1) is 17.6 Å². The van der Waals surface area contributed by atoms with Gasteiger partial charge in [0.05, 0.1) is 6.10 Å². The highest BCUT2D eigenvalue weighted by Gasteiger charge is 2.23. The first-order valence-corrected chi connectivity index (χ1v) is 6.95. The van der Waals surface area contributed by atoms with Gasteiger partial charge in [0.15, 0.2) is 11.6 Å². The molecule has 0 radical (unpaired) electrons. The Hall–Kier alpha value is -1.00. The van der Waals surface area contributed by atoms with Crippen LogP contribution in [0.2, 0.25) is 0 Å². The fourth-order valence-corrected chi connectivity index (χ4v) is 2.72. The molecule has 2 rings (SSSR count). The van der Waals surface area contributed by atoms with Gasteiger partial charge in [-0.3, -0.25) is 0 Å². The smallest absolute Gasteiger partial charge is 0.163 e. The summed E-state index contributed by atoms with van der Waals surface area (Å²) in [6.45, 7) is 2.45. The maximum atomic E-state index is 13.6. The zero-order chi connectivity index (χ0) is 13.8. The largest absolute Gasteiger partial charge is 0.393 e. The third-order valence-corrected chi connectivity index (χ3v) is 4.00. The van der Waals surface area contributed by atoms with E-state index in [0.29, 0.717) is 12.1 Å². The van der Waals surface area contributed by atoms with E-state index in [1.165, 1.54) is 6.07 Å². The molecule has 1 aliphatic carbocycles. The summed E-state index contributed by atoms with van der Waals surface area (Å²) >= 11 is 0. The Bertz CT molecular complexity index is 425. The van der Waals surface area contributed by atoms with Crippen molar-refractivity contribution in [2.24, 2.45) is 5.92 Å². The van der Waals surface area contributed by atoms with Crippen molar-refractivity contribution in [3.8, 4) is 0 Å². The van der Waals surface area contributed by atoms with Gasteiger partial charge in [0.1, 0.15) is 0 Å². The maximum Gasteiger partial charge on any atom is 0.163 e. The molecule has 1 saturated carbocycles. The lowest BCUT2D eigenvalue weighted by Gasteiger charge is -2.29. The average Bonchev–Trinajstić information content (AvgIpc) is 2.40. The lowest BCUT2D eigenvalue weighted by molar-refractivity contribution is 0.0683. The first-order chi connectivity index (χ1) is 9.09. The molecule has 1 fully saturated rings. The van der Waals surface area contributed by atoms with Gasteiger partial charge in [-0.2, -0.15) is 0 Å². The molecule has 0 amide bonds. The van der Waals surface area contributed by atoms with Crippen molar-refractivity contribution in [2.75, 3.05) is 6.54 Å². The Kier molecular flexibility index (Phi) is 4.88. The van der Waals surface area contributed by atoms with Crippen LogP contribution in [0.4, 0.5) is 8.78 Å². The second kappa shape index (κ2) is 6.44. The molecule has 0 bridgehead atoms. The summed E-state index contributed by atoms with van der Waals surface area (Å²) in [7, 11) is 0. The molecule has 0 saturated heterocycles. The monoisotopic (exact) mass is 269 g/mol. The molecule has 0 aromatic heterocycles. The molecular formula is C15H21F2NO. The zero-order valence-electron chi connectivity index (χ0n) is 11.2. The SMILES string of the molecule is CC(NCC1CCCCC1O)c1cccc(F)c1F. The normalized spacial score (nSPS) is 25.3. The Balaban J connectivity index is 1.93. The Morgan fingerprint density at radius 1 is 1.32 bits per heavy atom. The van der Waals surface area contributed by atoms with E-state index < -0.39 is 11.6 Å². The highest BCUT2D eigenvalue weighted by atomic mass is 19.2. The van der Waals surface area contributed by atoms with Crippen LogP contribution in [0.5, 0.6) is 0 Å². The van der Waals surface area contributed by atoms with Crippen molar-refractivity contribution < 1.29 is 13.9 Å². The average molecular weight is 269 g/mol. The molecular weight excluding hydrogens is 248 g/mol. The van der Waals surface area contributed by atoms with Crippen LogP contribution in [0.1, 0.15) is 44.2 Å². The Labute approximate surface area is 112 Å². The van der Waals surface area contributed by atoms with E-state index >= 15 is 0 Å². The van der Waals surface area contributed by atoms with E-state index in [2.05, 4.69) is 5.32 Å². The van der Waals surface area contributed by atoms with Crippen LogP contribution in [0.15, 0.2) is 18.2 Å². The van der Waals surface area contributed by atoms with E-state index in [1.807, 2.05) is 6.92 Å². The Morgan fingerprint density at radius 2 is 2.05 bits per heavy atom. The topological polar surface area (TPSA) is 32.3 Å². The van der Waals surface area contributed by atoms with E-state index in [9.17, 15) is 13.9 Å². The van der Waals surface area contributed by atoms with Crippen molar-refractivity contribution in [2.45, 2.75) is 44.8 Å². The number of benzene rings is 1. The number of aliphatic hydroxyl groups is 1. The zero-order valence-corrected chi connectivity index (χ0v) is 11.2. The lowest BCUT2D eigenvalue weighted by Crippen LogP contribution is -2.35. The van der Waals surface area contributed by atoms with Crippen LogP contribution in [-0.4, -0.2) is 17.8 Å². The lowest BCUT2D eigenvalue weighted by atomic mass is 9.86. The van der Waals surface area contributed by atoms with Gasteiger partial charge in [0.2, 0.25) is 0 Å². The van der Waals surface area contributed by atoms with E-state index in [0.717, 1.165) is 31.7 Å². The van der Waals surface area contributed by atoms with Crippen molar-refractivity contribution in [1.82, 2.24) is 5.32 Å². The van der Waals surface area contributed by atoms with Gasteiger partial charge in [0.25, 0.3) is 0 Å². The molecule has 1 aliphatic rings. The molecule has 106 valence electrons. The van der Waals surface area contributed by atoms with Crippen LogP contribution in [0.25, 0.3) is 0 Å². The van der Waals surface area contributed by atoms with Crippen molar-refractivity contribution in [1.29, 1.82) is 0 Å². The van der Waals surface area contributed by atoms with Gasteiger partial charge in [-0.1, -0.05) is 25.0 Å². The Morgan fingerprint density at radius 3 is 2.79 bits per heavy atom. The molecule has 2 nitrogen and oxygen atoms in total. The van der Waals surface area contributed by atoms with Gasteiger partial charge in [0, 0.05) is 18.2 Å². The molecule has 4 heteroatoms. The van der Waals surface area contributed by atoms with Crippen LogP contribution in [-0.2, 0) is 0 Å². The third-order valence-electron chi connectivity index (χ3n) is 4.00. The van der Waals surface area contributed by atoms with E-state index in [4.69, 9.17) is 0 Å². The highest BCUT2D eigenvalue weighted by Crippen LogP contribution is 2.25. The van der Waals surface area contributed by atoms with Gasteiger partial charge in [-0.05, 0) is 31.7 Å². The summed E-state index contributed by atoms with van der Waals surface area (Å²) in [5, 5.41) is 13.1. The van der Waals surface area contributed by atoms with Gasteiger partial charge in [-0.25, -0.2) is 8.78 Å². The predicted octanol–water partition coefficient (Wildman–Crippen LogP) is 3.17. The number of hydrogen-bond donors (Lipinski definition) is 2. The summed E-state index contributed by atoms with van der Waals surface area (Å²) in [6.07, 6.45) is 3.77. The third kappa shape index (κ3) is 3.51. The van der Waals surface area contributed by atoms with Crippen molar-refractivity contribution >= 4 is 0 Å². The molecule has 0 heterocycles. The number of aliphatic hydroxyl groups excluding tert-OH is 1. The molecule has 2 N–H and O–H groups in total. The number of rotatable bonds is 4. The molecule has 0 aliphatic heterocycles. The summed E-state index contributed by atoms with van der Waals surface area (Å²) in [5.41, 5.74) is 0.338. The minimum absolute atomic E-state index is 0.216. The van der Waals surface area contributed by atoms with Gasteiger partial charge in [-0.15, -0.1) is 0 Å². The number of nitrogens with one attached hydrogen (secondary N) is 1. The first-order valence-electron chi connectivity index (χ1n) is 6.95. The summed E-state index contributed by atoms with van der Waals surface area (Å²) in [6, 6.07) is 3.97. The van der Waals surface area contributed by atoms with Crippen LogP contribution >= 0.6 is 0 Å². The quantitative estimate of drug-likeness (QED) is 0.880. The maximum absolute atomic E-state index is 13.6. The minimum Gasteiger partial charge on any atom is -0.393 e. The molecule has 1 aromatic carbocycles. The molecule has 3 unspecified atom stereocenters. The molecule has 0 spiro atoms. The second-order valence-electron chi connectivity index (χ2n) is 5.38. The van der Waals surface area contributed by atoms with Crippen LogP contribution < -0.4 is 5.32 Å². The molecule has 19 heavy (non-hydrogen) atoms. The fourth-order valence-electron chi connectivity index (χ4n) is 2.72. The number of halogens is 2. The molecule has 3 atom stereocenters. The predicted molar refractivity (Wildman–Crippen MR) is 70.7 cm³/mol. The standard InChI is InChI=1S/C15H21F2NO/c1-10(12-6-4-7-13(16)15(12)17)18-9-11-5-2-3-8-14(11)19/h4,6-7,10-11,14,18-19H,2-3,5,8-9H2,1H3. The highest BCUT2D eigenvalue weighted by molar-refractivity contribution is 5.21. The van der Waals surface area contributed by atoms with Crippen molar-refractivity contribution in [3.05, 3.63) is 35.4 Å². The first kappa shape index (κ1) is 14.4. The molecule has 1 aromatic rings. The van der Waals surface area contributed by atoms with E-state index in [-0.39, 0.29) is 18.1 Å². The number of hydrogen-bond acceptors (Lipinski definition) is 2.